The SMILES string of the molecule is CCCCOc1ccc(S(=O)(=O)N(CC)CC)cc1C(C)C. The molecule has 1 aromatic rings. The summed E-state index contributed by atoms with van der Waals surface area (Å²) in [5.74, 6) is 1.01. The largest absolute Gasteiger partial charge is 0.493 e. The van der Waals surface area contributed by atoms with Crippen LogP contribution in [0.4, 0.5) is 0 Å². The summed E-state index contributed by atoms with van der Waals surface area (Å²) in [4.78, 5) is 0.350. The van der Waals surface area contributed by atoms with E-state index in [1.807, 2.05) is 13.8 Å². The number of benzene rings is 1. The molecule has 0 unspecified atom stereocenters. The van der Waals surface area contributed by atoms with Crippen molar-refractivity contribution in [3.63, 3.8) is 0 Å². The van der Waals surface area contributed by atoms with Gasteiger partial charge in [0.05, 0.1) is 11.5 Å². The number of nitrogens with zero attached hydrogens (tertiary/aromatic N) is 1. The highest BCUT2D eigenvalue weighted by Crippen LogP contribution is 2.30. The Hall–Kier alpha value is -1.07. The van der Waals surface area contributed by atoms with Gasteiger partial charge in [-0.25, -0.2) is 8.42 Å². The van der Waals surface area contributed by atoms with Gasteiger partial charge in [-0.1, -0.05) is 41.0 Å². The van der Waals surface area contributed by atoms with Crippen LogP contribution in [0, 0.1) is 0 Å². The zero-order chi connectivity index (χ0) is 16.8. The van der Waals surface area contributed by atoms with Gasteiger partial charge in [0.2, 0.25) is 10.0 Å². The summed E-state index contributed by atoms with van der Waals surface area (Å²) < 4.78 is 32.5. The van der Waals surface area contributed by atoms with Crippen molar-refractivity contribution < 1.29 is 13.2 Å². The maximum Gasteiger partial charge on any atom is 0.243 e. The van der Waals surface area contributed by atoms with Crippen LogP contribution < -0.4 is 4.74 Å². The monoisotopic (exact) mass is 327 g/mol. The highest BCUT2D eigenvalue weighted by atomic mass is 32.2. The van der Waals surface area contributed by atoms with Gasteiger partial charge in [0.15, 0.2) is 0 Å². The van der Waals surface area contributed by atoms with Gasteiger partial charge in [0.25, 0.3) is 0 Å². The Morgan fingerprint density at radius 1 is 1.14 bits per heavy atom. The number of ether oxygens (including phenoxy) is 1. The van der Waals surface area contributed by atoms with Crippen LogP contribution in [0.5, 0.6) is 5.75 Å². The predicted octanol–water partition coefficient (Wildman–Crippen LogP) is 4.02. The lowest BCUT2D eigenvalue weighted by Crippen LogP contribution is -2.30. The Kier molecular flexibility index (Phi) is 7.36. The van der Waals surface area contributed by atoms with E-state index in [-0.39, 0.29) is 5.92 Å². The molecule has 4 nitrogen and oxygen atoms in total. The molecule has 0 aliphatic carbocycles. The van der Waals surface area contributed by atoms with E-state index in [0.29, 0.717) is 24.6 Å². The van der Waals surface area contributed by atoms with Gasteiger partial charge in [-0.3, -0.25) is 0 Å². The third kappa shape index (κ3) is 4.46. The zero-order valence-electron chi connectivity index (χ0n) is 14.4. The smallest absolute Gasteiger partial charge is 0.243 e. The summed E-state index contributed by atoms with van der Waals surface area (Å²) in [7, 11) is -3.42. The summed E-state index contributed by atoms with van der Waals surface area (Å²) in [6, 6.07) is 5.21. The first-order chi connectivity index (χ1) is 10.4. The maximum absolute atomic E-state index is 12.6. The van der Waals surface area contributed by atoms with E-state index in [2.05, 4.69) is 20.8 Å². The van der Waals surface area contributed by atoms with Crippen molar-refractivity contribution in [2.24, 2.45) is 0 Å². The van der Waals surface area contributed by atoms with Crippen LogP contribution in [0.15, 0.2) is 23.1 Å². The Balaban J connectivity index is 3.17. The van der Waals surface area contributed by atoms with E-state index in [9.17, 15) is 8.42 Å². The predicted molar refractivity (Wildman–Crippen MR) is 91.0 cm³/mol. The summed E-state index contributed by atoms with van der Waals surface area (Å²) in [5, 5.41) is 0. The molecule has 0 aromatic heterocycles. The number of sulfonamides is 1. The van der Waals surface area contributed by atoms with E-state index < -0.39 is 10.0 Å². The molecular formula is C17H29NO3S. The van der Waals surface area contributed by atoms with E-state index in [1.54, 1.807) is 18.2 Å². The van der Waals surface area contributed by atoms with Crippen molar-refractivity contribution in [3.05, 3.63) is 23.8 Å². The molecule has 1 aromatic carbocycles. The minimum atomic E-state index is -3.42. The third-order valence-corrected chi connectivity index (χ3v) is 5.75. The van der Waals surface area contributed by atoms with Crippen molar-refractivity contribution in [1.82, 2.24) is 4.31 Å². The summed E-state index contributed by atoms with van der Waals surface area (Å²) in [6.07, 6.45) is 2.07. The molecule has 0 fully saturated rings. The van der Waals surface area contributed by atoms with Crippen LogP contribution in [0.1, 0.15) is 58.9 Å². The Labute approximate surface area is 135 Å². The lowest BCUT2D eigenvalue weighted by atomic mass is 10.0. The van der Waals surface area contributed by atoms with Gasteiger partial charge < -0.3 is 4.74 Å². The average Bonchev–Trinajstić information content (AvgIpc) is 2.48. The topological polar surface area (TPSA) is 46.6 Å². The molecule has 0 atom stereocenters. The molecule has 0 aliphatic heterocycles. The number of hydrogen-bond acceptors (Lipinski definition) is 3. The van der Waals surface area contributed by atoms with Gasteiger partial charge in [-0.2, -0.15) is 4.31 Å². The lowest BCUT2D eigenvalue weighted by Gasteiger charge is -2.20. The molecule has 0 spiro atoms. The fraction of sp³-hybridized carbons (Fsp3) is 0.647. The molecule has 1 rings (SSSR count). The fourth-order valence-electron chi connectivity index (χ4n) is 2.31. The summed E-state index contributed by atoms with van der Waals surface area (Å²) in [5.41, 5.74) is 0.948. The Bertz CT molecular complexity index is 563. The fourth-order valence-corrected chi connectivity index (χ4v) is 3.80. The minimum absolute atomic E-state index is 0.212. The van der Waals surface area contributed by atoms with E-state index in [1.165, 1.54) is 4.31 Å². The minimum Gasteiger partial charge on any atom is -0.493 e. The van der Waals surface area contributed by atoms with Crippen molar-refractivity contribution in [2.75, 3.05) is 19.7 Å². The quantitative estimate of drug-likeness (QED) is 0.644. The van der Waals surface area contributed by atoms with Crippen LogP contribution in [-0.4, -0.2) is 32.4 Å². The zero-order valence-corrected chi connectivity index (χ0v) is 15.2. The maximum atomic E-state index is 12.6. The Morgan fingerprint density at radius 2 is 1.77 bits per heavy atom. The van der Waals surface area contributed by atoms with Gasteiger partial charge in [0.1, 0.15) is 5.75 Å². The molecule has 0 bridgehead atoms. The van der Waals surface area contributed by atoms with Gasteiger partial charge in [0, 0.05) is 13.1 Å². The standard InChI is InChI=1S/C17H29NO3S/c1-6-9-12-21-17-11-10-15(13-16(17)14(4)5)22(19,20)18(7-2)8-3/h10-11,13-14H,6-9,12H2,1-5H3. The second kappa shape index (κ2) is 8.53. The number of unbranched alkanes of at least 4 members (excludes halogenated alkanes) is 1. The van der Waals surface area contributed by atoms with Crippen molar-refractivity contribution >= 4 is 10.0 Å². The second-order valence-electron chi connectivity index (χ2n) is 5.65. The average molecular weight is 327 g/mol. The van der Waals surface area contributed by atoms with Crippen LogP contribution >= 0.6 is 0 Å². The third-order valence-electron chi connectivity index (χ3n) is 3.70. The molecule has 0 amide bonds. The van der Waals surface area contributed by atoms with Gasteiger partial charge in [-0.05, 0) is 36.1 Å². The second-order valence-corrected chi connectivity index (χ2v) is 7.58. The van der Waals surface area contributed by atoms with E-state index in [0.717, 1.165) is 24.2 Å². The lowest BCUT2D eigenvalue weighted by molar-refractivity contribution is 0.305. The molecule has 5 heteroatoms. The number of rotatable bonds is 9. The molecule has 0 saturated carbocycles. The van der Waals surface area contributed by atoms with Crippen molar-refractivity contribution in [2.45, 2.75) is 58.3 Å². The summed E-state index contributed by atoms with van der Waals surface area (Å²) >= 11 is 0. The normalized spacial score (nSPS) is 12.1. The molecule has 0 aliphatic rings. The highest BCUT2D eigenvalue weighted by molar-refractivity contribution is 7.89. The number of hydrogen-bond donors (Lipinski definition) is 0. The molecule has 22 heavy (non-hydrogen) atoms. The van der Waals surface area contributed by atoms with Crippen LogP contribution in [0.25, 0.3) is 0 Å². The highest BCUT2D eigenvalue weighted by Gasteiger charge is 2.23. The van der Waals surface area contributed by atoms with E-state index >= 15 is 0 Å². The molecule has 0 radical (unpaired) electrons. The first-order valence-electron chi connectivity index (χ1n) is 8.15. The van der Waals surface area contributed by atoms with E-state index in [4.69, 9.17) is 4.74 Å². The Morgan fingerprint density at radius 3 is 2.27 bits per heavy atom. The van der Waals surface area contributed by atoms with Crippen molar-refractivity contribution in [3.8, 4) is 5.75 Å². The van der Waals surface area contributed by atoms with Crippen LogP contribution in [-0.2, 0) is 10.0 Å². The van der Waals surface area contributed by atoms with Crippen LogP contribution in [0.2, 0.25) is 0 Å². The molecular weight excluding hydrogens is 298 g/mol. The molecule has 0 heterocycles. The van der Waals surface area contributed by atoms with Crippen LogP contribution in [0.3, 0.4) is 0 Å². The first kappa shape index (κ1) is 19.0. The van der Waals surface area contributed by atoms with Gasteiger partial charge in [-0.15, -0.1) is 0 Å². The molecule has 0 saturated heterocycles. The molecule has 0 N–H and O–H groups in total. The molecule has 126 valence electrons. The van der Waals surface area contributed by atoms with Crippen molar-refractivity contribution in [1.29, 1.82) is 0 Å². The first-order valence-corrected chi connectivity index (χ1v) is 9.59. The van der Waals surface area contributed by atoms with Gasteiger partial charge >= 0.3 is 0 Å². The summed E-state index contributed by atoms with van der Waals surface area (Å²) in [6.45, 7) is 11.5.